The number of hydrogen-bond acceptors (Lipinski definition) is 3. The molecule has 0 saturated carbocycles. The molecule has 0 aliphatic heterocycles. The molecular weight excluding hydrogens is 253 g/mol. The highest BCUT2D eigenvalue weighted by molar-refractivity contribution is 7.71. The Hall–Kier alpha value is -1.53. The highest BCUT2D eigenvalue weighted by Gasteiger charge is 2.10. The minimum atomic E-state index is -0.280. The Morgan fingerprint density at radius 1 is 1.44 bits per heavy atom. The van der Waals surface area contributed by atoms with E-state index in [9.17, 15) is 4.39 Å². The van der Waals surface area contributed by atoms with Crippen molar-refractivity contribution in [1.29, 1.82) is 0 Å². The Balaban J connectivity index is 2.47. The quantitative estimate of drug-likeness (QED) is 0.866. The number of hydrogen-bond donors (Lipinski definition) is 1. The van der Waals surface area contributed by atoms with Crippen LogP contribution in [0.4, 0.5) is 4.39 Å². The fourth-order valence-electron chi connectivity index (χ4n) is 1.79. The van der Waals surface area contributed by atoms with Crippen LogP contribution in [0.15, 0.2) is 18.2 Å². The molecule has 0 spiro atoms. The molecule has 6 heteroatoms. The molecule has 96 valence electrons. The maximum absolute atomic E-state index is 13.4. The van der Waals surface area contributed by atoms with Crippen molar-refractivity contribution in [1.82, 2.24) is 14.8 Å². The molecule has 18 heavy (non-hydrogen) atoms. The molecule has 0 amide bonds. The van der Waals surface area contributed by atoms with Crippen molar-refractivity contribution in [3.05, 3.63) is 34.4 Å². The van der Waals surface area contributed by atoms with Gasteiger partial charge in [0, 0.05) is 12.7 Å². The Labute approximate surface area is 109 Å². The number of rotatable bonds is 4. The number of aromatic amines is 1. The molecular formula is C12H14FN3OS. The summed E-state index contributed by atoms with van der Waals surface area (Å²) in [6, 6.07) is 4.79. The Morgan fingerprint density at radius 2 is 2.22 bits per heavy atom. The van der Waals surface area contributed by atoms with Crippen molar-refractivity contribution < 1.29 is 9.13 Å². The molecule has 0 aliphatic rings. The maximum Gasteiger partial charge on any atom is 0.195 e. The molecule has 0 unspecified atom stereocenters. The number of halogens is 1. The highest BCUT2D eigenvalue weighted by atomic mass is 32.1. The van der Waals surface area contributed by atoms with Gasteiger partial charge >= 0.3 is 0 Å². The molecule has 2 aromatic rings. The van der Waals surface area contributed by atoms with Gasteiger partial charge in [0.05, 0.1) is 13.2 Å². The summed E-state index contributed by atoms with van der Waals surface area (Å²) < 4.78 is 20.7. The summed E-state index contributed by atoms with van der Waals surface area (Å²) in [6.07, 6.45) is 0. The average Bonchev–Trinajstić information content (AvgIpc) is 2.67. The van der Waals surface area contributed by atoms with Crippen LogP contribution in [0, 0.1) is 17.5 Å². The first-order valence-electron chi connectivity index (χ1n) is 5.53. The van der Waals surface area contributed by atoms with Gasteiger partial charge < -0.3 is 4.74 Å². The molecule has 1 aromatic carbocycles. The van der Waals surface area contributed by atoms with Gasteiger partial charge in [-0.3, -0.25) is 9.67 Å². The maximum atomic E-state index is 13.4. The van der Waals surface area contributed by atoms with Crippen molar-refractivity contribution in [2.24, 2.45) is 0 Å². The standard InChI is InChI=1S/C12H14FN3OS/c1-8-5-9(7-10(13)6-8)11-14-15-12(18)16(11)3-4-17-2/h5-7H,3-4H2,1-2H3,(H,15,18). The molecule has 1 aromatic heterocycles. The van der Waals surface area contributed by atoms with Crippen molar-refractivity contribution in [2.75, 3.05) is 13.7 Å². The van der Waals surface area contributed by atoms with Crippen LogP contribution in [-0.2, 0) is 11.3 Å². The van der Waals surface area contributed by atoms with E-state index < -0.39 is 0 Å². The molecule has 0 bridgehead atoms. The van der Waals surface area contributed by atoms with Gasteiger partial charge in [0.15, 0.2) is 10.6 Å². The lowest BCUT2D eigenvalue weighted by atomic mass is 10.1. The number of ether oxygens (including phenoxy) is 1. The zero-order valence-corrected chi connectivity index (χ0v) is 11.1. The van der Waals surface area contributed by atoms with E-state index in [-0.39, 0.29) is 5.82 Å². The number of nitrogens with one attached hydrogen (secondary N) is 1. The van der Waals surface area contributed by atoms with Gasteiger partial charge in [-0.15, -0.1) is 0 Å². The Morgan fingerprint density at radius 3 is 2.89 bits per heavy atom. The van der Waals surface area contributed by atoms with Crippen LogP contribution in [0.2, 0.25) is 0 Å². The summed E-state index contributed by atoms with van der Waals surface area (Å²) in [5.74, 6) is 0.344. The largest absolute Gasteiger partial charge is 0.383 e. The van der Waals surface area contributed by atoms with Crippen molar-refractivity contribution in [3.8, 4) is 11.4 Å². The van der Waals surface area contributed by atoms with Gasteiger partial charge in [-0.05, 0) is 42.9 Å². The van der Waals surface area contributed by atoms with Gasteiger partial charge in [-0.1, -0.05) is 0 Å². The molecule has 2 rings (SSSR count). The topological polar surface area (TPSA) is 42.8 Å². The van der Waals surface area contributed by atoms with E-state index in [0.29, 0.717) is 29.3 Å². The number of H-pyrrole nitrogens is 1. The predicted molar refractivity (Wildman–Crippen MR) is 69.4 cm³/mol. The van der Waals surface area contributed by atoms with Crippen LogP contribution in [-0.4, -0.2) is 28.5 Å². The molecule has 0 aliphatic carbocycles. The number of methoxy groups -OCH3 is 1. The fraction of sp³-hybridized carbons (Fsp3) is 0.333. The monoisotopic (exact) mass is 267 g/mol. The second-order valence-electron chi connectivity index (χ2n) is 4.01. The third-order valence-corrected chi connectivity index (χ3v) is 2.89. The lowest BCUT2D eigenvalue weighted by Gasteiger charge is -2.07. The number of aryl methyl sites for hydroxylation is 1. The summed E-state index contributed by atoms with van der Waals surface area (Å²) in [7, 11) is 1.62. The second kappa shape index (κ2) is 5.41. The molecule has 0 saturated heterocycles. The first kappa shape index (κ1) is 12.9. The first-order valence-corrected chi connectivity index (χ1v) is 5.94. The Bertz CT molecular complexity index is 585. The van der Waals surface area contributed by atoms with Crippen molar-refractivity contribution in [2.45, 2.75) is 13.5 Å². The van der Waals surface area contributed by atoms with Crippen LogP contribution in [0.25, 0.3) is 11.4 Å². The lowest BCUT2D eigenvalue weighted by Crippen LogP contribution is -2.06. The molecule has 1 heterocycles. The van der Waals surface area contributed by atoms with Gasteiger partial charge in [0.25, 0.3) is 0 Å². The zero-order chi connectivity index (χ0) is 13.1. The molecule has 4 nitrogen and oxygen atoms in total. The number of aromatic nitrogens is 3. The zero-order valence-electron chi connectivity index (χ0n) is 10.2. The lowest BCUT2D eigenvalue weighted by molar-refractivity contribution is 0.187. The summed E-state index contributed by atoms with van der Waals surface area (Å²) in [4.78, 5) is 0. The first-order chi connectivity index (χ1) is 8.61. The second-order valence-corrected chi connectivity index (χ2v) is 4.40. The third-order valence-electron chi connectivity index (χ3n) is 2.58. The van der Waals surface area contributed by atoms with E-state index in [1.807, 2.05) is 13.0 Å². The van der Waals surface area contributed by atoms with Gasteiger partial charge in [0.2, 0.25) is 0 Å². The van der Waals surface area contributed by atoms with Crippen LogP contribution < -0.4 is 0 Å². The minimum Gasteiger partial charge on any atom is -0.383 e. The normalized spacial score (nSPS) is 10.8. The van der Waals surface area contributed by atoms with Crippen molar-refractivity contribution >= 4 is 12.2 Å². The van der Waals surface area contributed by atoms with E-state index >= 15 is 0 Å². The van der Waals surface area contributed by atoms with Crippen LogP contribution >= 0.6 is 12.2 Å². The summed E-state index contributed by atoms with van der Waals surface area (Å²) in [5.41, 5.74) is 1.55. The fourth-order valence-corrected chi connectivity index (χ4v) is 2.02. The average molecular weight is 267 g/mol. The van der Waals surface area contributed by atoms with E-state index in [4.69, 9.17) is 17.0 Å². The van der Waals surface area contributed by atoms with Crippen LogP contribution in [0.3, 0.4) is 0 Å². The van der Waals surface area contributed by atoms with E-state index in [1.165, 1.54) is 12.1 Å². The summed E-state index contributed by atoms with van der Waals surface area (Å²) in [6.45, 7) is 2.94. The number of nitrogens with zero attached hydrogens (tertiary/aromatic N) is 2. The van der Waals surface area contributed by atoms with E-state index in [0.717, 1.165) is 5.56 Å². The van der Waals surface area contributed by atoms with Crippen molar-refractivity contribution in [3.63, 3.8) is 0 Å². The Kier molecular flexibility index (Phi) is 3.88. The van der Waals surface area contributed by atoms with Crippen LogP contribution in [0.5, 0.6) is 0 Å². The van der Waals surface area contributed by atoms with Gasteiger partial charge in [0.1, 0.15) is 5.82 Å². The molecule has 0 radical (unpaired) electrons. The summed E-state index contributed by atoms with van der Waals surface area (Å²) >= 11 is 5.15. The molecule has 0 fully saturated rings. The molecule has 0 atom stereocenters. The van der Waals surface area contributed by atoms with E-state index in [1.54, 1.807) is 11.7 Å². The third kappa shape index (κ3) is 2.65. The van der Waals surface area contributed by atoms with Gasteiger partial charge in [-0.2, -0.15) is 5.10 Å². The summed E-state index contributed by atoms with van der Waals surface area (Å²) in [5, 5.41) is 6.87. The van der Waals surface area contributed by atoms with E-state index in [2.05, 4.69) is 10.2 Å². The SMILES string of the molecule is COCCn1c(-c2cc(C)cc(F)c2)n[nH]c1=S. The highest BCUT2D eigenvalue weighted by Crippen LogP contribution is 2.20. The van der Waals surface area contributed by atoms with Crippen LogP contribution in [0.1, 0.15) is 5.56 Å². The minimum absolute atomic E-state index is 0.280. The smallest absolute Gasteiger partial charge is 0.195 e. The van der Waals surface area contributed by atoms with Gasteiger partial charge in [-0.25, -0.2) is 4.39 Å². The predicted octanol–water partition coefficient (Wildman–Crippen LogP) is 2.70. The molecule has 1 N–H and O–H groups in total. The number of benzene rings is 1.